The van der Waals surface area contributed by atoms with E-state index in [0.717, 1.165) is 0 Å². The molecule has 0 aromatic heterocycles. The molecule has 0 fully saturated rings. The van der Waals surface area contributed by atoms with Crippen molar-refractivity contribution in [3.63, 3.8) is 0 Å². The number of carbonyl (C=O) groups is 1. The molecule has 1 unspecified atom stereocenters. The van der Waals surface area contributed by atoms with Crippen LogP contribution in [-0.4, -0.2) is 39.2 Å². The lowest BCUT2D eigenvalue weighted by atomic mass is 10.0. The van der Waals surface area contributed by atoms with Crippen LogP contribution in [0.5, 0.6) is 11.5 Å². The van der Waals surface area contributed by atoms with Crippen LogP contribution in [0.2, 0.25) is 5.02 Å². The van der Waals surface area contributed by atoms with E-state index in [-0.39, 0.29) is 16.3 Å². The Bertz CT molecular complexity index is 437. The molecular formula is C12H16ClNO4. The van der Waals surface area contributed by atoms with Crippen LogP contribution < -0.4 is 14.8 Å². The van der Waals surface area contributed by atoms with E-state index in [1.165, 1.54) is 20.3 Å². The van der Waals surface area contributed by atoms with Gasteiger partial charge in [-0.15, -0.1) is 0 Å². The van der Waals surface area contributed by atoms with Crippen molar-refractivity contribution < 1.29 is 19.4 Å². The Labute approximate surface area is 111 Å². The molecule has 0 saturated carbocycles. The Kier molecular flexibility index (Phi) is 5.40. The van der Waals surface area contributed by atoms with Crippen LogP contribution in [0, 0.1) is 0 Å². The molecule has 0 amide bonds. The number of ether oxygens (including phenoxy) is 2. The molecule has 0 heterocycles. The number of aliphatic hydroxyl groups is 1. The van der Waals surface area contributed by atoms with Crippen LogP contribution in [0.15, 0.2) is 6.07 Å². The summed E-state index contributed by atoms with van der Waals surface area (Å²) in [5.41, 5.74) is 0.677. The van der Waals surface area contributed by atoms with Gasteiger partial charge in [-0.05, 0) is 13.1 Å². The predicted octanol–water partition coefficient (Wildman–Crippen LogP) is 1.42. The van der Waals surface area contributed by atoms with Crippen molar-refractivity contribution in [1.82, 2.24) is 5.32 Å². The molecular weight excluding hydrogens is 258 g/mol. The van der Waals surface area contributed by atoms with E-state index in [9.17, 15) is 9.90 Å². The van der Waals surface area contributed by atoms with Crippen LogP contribution in [0.25, 0.3) is 0 Å². The van der Waals surface area contributed by atoms with E-state index in [2.05, 4.69) is 5.32 Å². The third-order valence-corrected chi connectivity index (χ3v) is 2.85. The normalized spacial score (nSPS) is 12.1. The fourth-order valence-corrected chi connectivity index (χ4v) is 1.96. The quantitative estimate of drug-likeness (QED) is 0.768. The molecule has 5 nitrogen and oxygen atoms in total. The lowest BCUT2D eigenvalue weighted by Gasteiger charge is -2.19. The Morgan fingerprint density at radius 2 is 2.06 bits per heavy atom. The molecule has 1 atom stereocenters. The van der Waals surface area contributed by atoms with Crippen molar-refractivity contribution in [3.8, 4) is 11.5 Å². The van der Waals surface area contributed by atoms with Gasteiger partial charge in [0.25, 0.3) is 0 Å². The number of aliphatic hydroxyl groups excluding tert-OH is 1. The lowest BCUT2D eigenvalue weighted by Crippen LogP contribution is -2.17. The minimum atomic E-state index is -0.808. The minimum absolute atomic E-state index is 0.205. The molecule has 0 aliphatic rings. The summed E-state index contributed by atoms with van der Waals surface area (Å²) in [5, 5.41) is 13.1. The second kappa shape index (κ2) is 6.58. The number of hydrogen-bond acceptors (Lipinski definition) is 5. The van der Waals surface area contributed by atoms with Gasteiger partial charge in [0, 0.05) is 12.1 Å². The summed E-state index contributed by atoms with van der Waals surface area (Å²) in [7, 11) is 4.57. The van der Waals surface area contributed by atoms with E-state index < -0.39 is 6.10 Å². The van der Waals surface area contributed by atoms with Crippen molar-refractivity contribution in [2.24, 2.45) is 0 Å². The van der Waals surface area contributed by atoms with Crippen LogP contribution in [-0.2, 0) is 0 Å². The number of carbonyl (C=O) groups excluding carboxylic acids is 1. The third-order valence-electron chi connectivity index (χ3n) is 2.54. The molecule has 0 aliphatic heterocycles. The van der Waals surface area contributed by atoms with Gasteiger partial charge in [0.05, 0.1) is 30.9 Å². The summed E-state index contributed by atoms with van der Waals surface area (Å²) < 4.78 is 10.3. The summed E-state index contributed by atoms with van der Waals surface area (Å²) in [6.07, 6.45) is -0.213. The van der Waals surface area contributed by atoms with Gasteiger partial charge in [-0.25, -0.2) is 0 Å². The first-order valence-electron chi connectivity index (χ1n) is 5.32. The number of aldehydes is 1. The Morgan fingerprint density at radius 3 is 2.50 bits per heavy atom. The summed E-state index contributed by atoms with van der Waals surface area (Å²) in [6.45, 7) is 0.330. The Morgan fingerprint density at radius 1 is 1.44 bits per heavy atom. The largest absolute Gasteiger partial charge is 0.492 e. The number of likely N-dealkylation sites (N-methyl/N-ethyl adjacent to an activating group) is 1. The molecule has 0 spiro atoms. The Balaban J connectivity index is 3.43. The number of benzene rings is 1. The molecule has 1 rings (SSSR count). The predicted molar refractivity (Wildman–Crippen MR) is 68.8 cm³/mol. The van der Waals surface area contributed by atoms with E-state index in [4.69, 9.17) is 21.1 Å². The molecule has 0 aliphatic carbocycles. The zero-order chi connectivity index (χ0) is 13.7. The van der Waals surface area contributed by atoms with Crippen molar-refractivity contribution in [2.45, 2.75) is 6.10 Å². The summed E-state index contributed by atoms with van der Waals surface area (Å²) >= 11 is 5.99. The van der Waals surface area contributed by atoms with E-state index in [1.54, 1.807) is 7.05 Å². The maximum absolute atomic E-state index is 11.0. The van der Waals surface area contributed by atoms with Gasteiger partial charge in [0.15, 0.2) is 17.8 Å². The number of nitrogens with one attached hydrogen (secondary N) is 1. The molecule has 18 heavy (non-hydrogen) atoms. The SMILES string of the molecule is CNCC(O)c1cc(Cl)c(C=O)c(OC)c1OC. The molecule has 1 aromatic carbocycles. The van der Waals surface area contributed by atoms with Gasteiger partial charge in [-0.3, -0.25) is 4.79 Å². The second-order valence-electron chi connectivity index (χ2n) is 3.62. The monoisotopic (exact) mass is 273 g/mol. The molecule has 2 N–H and O–H groups in total. The molecule has 1 aromatic rings. The van der Waals surface area contributed by atoms with Crippen molar-refractivity contribution in [2.75, 3.05) is 27.8 Å². The fourth-order valence-electron chi connectivity index (χ4n) is 1.72. The number of rotatable bonds is 6. The topological polar surface area (TPSA) is 67.8 Å². The van der Waals surface area contributed by atoms with Gasteiger partial charge < -0.3 is 19.9 Å². The van der Waals surface area contributed by atoms with Crippen molar-refractivity contribution in [3.05, 3.63) is 22.2 Å². The van der Waals surface area contributed by atoms with Crippen LogP contribution in [0.1, 0.15) is 22.0 Å². The maximum atomic E-state index is 11.0. The lowest BCUT2D eigenvalue weighted by molar-refractivity contribution is 0.111. The highest BCUT2D eigenvalue weighted by Crippen LogP contribution is 2.40. The van der Waals surface area contributed by atoms with Gasteiger partial charge in [-0.2, -0.15) is 0 Å². The smallest absolute Gasteiger partial charge is 0.173 e. The summed E-state index contributed by atoms with van der Waals surface area (Å²) in [4.78, 5) is 11.0. The van der Waals surface area contributed by atoms with Crippen molar-refractivity contribution >= 4 is 17.9 Å². The van der Waals surface area contributed by atoms with Gasteiger partial charge >= 0.3 is 0 Å². The summed E-state index contributed by atoms with van der Waals surface area (Å²) in [5.74, 6) is 0.539. The first-order chi connectivity index (χ1) is 8.60. The highest BCUT2D eigenvalue weighted by atomic mass is 35.5. The zero-order valence-corrected chi connectivity index (χ0v) is 11.2. The molecule has 6 heteroatoms. The second-order valence-corrected chi connectivity index (χ2v) is 4.03. The fraction of sp³-hybridized carbons (Fsp3) is 0.417. The van der Waals surface area contributed by atoms with Gasteiger partial charge in [-0.1, -0.05) is 11.6 Å². The molecule has 0 radical (unpaired) electrons. The number of methoxy groups -OCH3 is 2. The first-order valence-corrected chi connectivity index (χ1v) is 5.70. The molecule has 0 saturated heterocycles. The van der Waals surface area contributed by atoms with E-state index in [1.807, 2.05) is 0 Å². The van der Waals surface area contributed by atoms with Crippen LogP contribution in [0.4, 0.5) is 0 Å². The van der Waals surface area contributed by atoms with E-state index >= 15 is 0 Å². The molecule has 0 bridgehead atoms. The van der Waals surface area contributed by atoms with Gasteiger partial charge in [0.1, 0.15) is 0 Å². The number of hydrogen-bond donors (Lipinski definition) is 2. The highest BCUT2D eigenvalue weighted by molar-refractivity contribution is 6.33. The van der Waals surface area contributed by atoms with Crippen molar-refractivity contribution in [1.29, 1.82) is 0 Å². The maximum Gasteiger partial charge on any atom is 0.173 e. The zero-order valence-electron chi connectivity index (χ0n) is 10.5. The first kappa shape index (κ1) is 14.8. The van der Waals surface area contributed by atoms with Crippen LogP contribution >= 0.6 is 11.6 Å². The van der Waals surface area contributed by atoms with E-state index in [0.29, 0.717) is 24.1 Å². The van der Waals surface area contributed by atoms with Gasteiger partial charge in [0.2, 0.25) is 0 Å². The standard InChI is InChI=1S/C12H16ClNO4/c1-14-5-10(16)7-4-9(13)8(6-15)12(18-3)11(7)17-2/h4,6,10,14,16H,5H2,1-3H3. The average molecular weight is 274 g/mol. The Hall–Kier alpha value is -1.30. The third kappa shape index (κ3) is 2.75. The highest BCUT2D eigenvalue weighted by Gasteiger charge is 2.22. The summed E-state index contributed by atoms with van der Waals surface area (Å²) in [6, 6.07) is 1.51. The van der Waals surface area contributed by atoms with Crippen LogP contribution in [0.3, 0.4) is 0 Å². The minimum Gasteiger partial charge on any atom is -0.492 e. The molecule has 100 valence electrons. The average Bonchev–Trinajstić information content (AvgIpc) is 2.37. The number of halogens is 1.